The van der Waals surface area contributed by atoms with Crippen LogP contribution in [0.3, 0.4) is 0 Å². The van der Waals surface area contributed by atoms with Gasteiger partial charge in [0.25, 0.3) is 0 Å². The van der Waals surface area contributed by atoms with Gasteiger partial charge in [-0.15, -0.1) is 0 Å². The van der Waals surface area contributed by atoms with Gasteiger partial charge in [-0.25, -0.2) is 10.6 Å². The normalized spacial score (nSPS) is 28.2. The molecule has 1 fully saturated rings. The van der Waals surface area contributed by atoms with Gasteiger partial charge in [0.15, 0.2) is 0 Å². The Morgan fingerprint density at radius 1 is 1.38 bits per heavy atom. The molecule has 13 heavy (non-hydrogen) atoms. The van der Waals surface area contributed by atoms with Crippen LogP contribution in [0, 0.1) is 0 Å². The number of rotatable bonds is 2. The molecule has 2 amide bonds. The number of carbonyl (C=O) groups excluding carboxylic acids is 1. The van der Waals surface area contributed by atoms with Crippen LogP contribution >= 0.6 is 11.8 Å². The van der Waals surface area contributed by atoms with E-state index >= 15 is 0 Å². The van der Waals surface area contributed by atoms with Gasteiger partial charge in [-0.1, -0.05) is 0 Å². The van der Waals surface area contributed by atoms with Crippen molar-refractivity contribution < 1.29 is 4.79 Å². The summed E-state index contributed by atoms with van der Waals surface area (Å²) in [6.45, 7) is 0. The number of hydrogen-bond acceptors (Lipinski definition) is 3. The third-order valence-corrected chi connectivity index (χ3v) is 3.61. The van der Waals surface area contributed by atoms with Gasteiger partial charge >= 0.3 is 6.03 Å². The summed E-state index contributed by atoms with van der Waals surface area (Å²) in [6.07, 6.45) is 6.66. The standard InChI is InChI=1S/C8H17N3OS/c1-13-7-4-2-6(3-5-7)10-8(12)11-9/h6-7H,2-5,9H2,1H3,(H2,10,11,12). The number of urea groups is 1. The average Bonchev–Trinajstić information content (AvgIpc) is 2.19. The Morgan fingerprint density at radius 2 is 2.00 bits per heavy atom. The van der Waals surface area contributed by atoms with Crippen molar-refractivity contribution in [2.45, 2.75) is 37.0 Å². The number of hydrogen-bond donors (Lipinski definition) is 3. The van der Waals surface area contributed by atoms with Crippen LogP contribution in [0.2, 0.25) is 0 Å². The first kappa shape index (κ1) is 10.7. The van der Waals surface area contributed by atoms with E-state index in [4.69, 9.17) is 5.84 Å². The molecule has 4 N–H and O–H groups in total. The molecule has 0 spiro atoms. The lowest BCUT2D eigenvalue weighted by Gasteiger charge is -2.27. The summed E-state index contributed by atoms with van der Waals surface area (Å²) in [5, 5.41) is 3.61. The van der Waals surface area contributed by atoms with Crippen LogP contribution in [0.4, 0.5) is 4.79 Å². The molecule has 0 radical (unpaired) electrons. The van der Waals surface area contributed by atoms with Gasteiger partial charge in [-0.05, 0) is 31.9 Å². The minimum atomic E-state index is -0.271. The third kappa shape index (κ3) is 3.44. The van der Waals surface area contributed by atoms with Crippen LogP contribution in [-0.4, -0.2) is 23.6 Å². The van der Waals surface area contributed by atoms with E-state index in [2.05, 4.69) is 17.0 Å². The number of hydrazine groups is 1. The van der Waals surface area contributed by atoms with Crippen molar-refractivity contribution in [3.8, 4) is 0 Å². The molecule has 0 aromatic heterocycles. The molecule has 0 unspecified atom stereocenters. The maximum Gasteiger partial charge on any atom is 0.329 e. The first-order valence-corrected chi connectivity index (χ1v) is 5.85. The highest BCUT2D eigenvalue weighted by atomic mass is 32.2. The summed E-state index contributed by atoms with van der Waals surface area (Å²) in [5.74, 6) is 4.98. The van der Waals surface area contributed by atoms with Crippen molar-refractivity contribution in [3.63, 3.8) is 0 Å². The molecule has 0 heterocycles. The Hall–Kier alpha value is -0.420. The van der Waals surface area contributed by atoms with Gasteiger partial charge < -0.3 is 5.32 Å². The fraction of sp³-hybridized carbons (Fsp3) is 0.875. The smallest absolute Gasteiger partial charge is 0.329 e. The summed E-state index contributed by atoms with van der Waals surface area (Å²) in [6, 6.07) is 0.0413. The van der Waals surface area contributed by atoms with E-state index in [-0.39, 0.29) is 6.03 Å². The van der Waals surface area contributed by atoms with Gasteiger partial charge in [0.05, 0.1) is 0 Å². The summed E-state index contributed by atoms with van der Waals surface area (Å²) in [5.41, 5.74) is 2.08. The number of amides is 2. The predicted molar refractivity (Wildman–Crippen MR) is 55.4 cm³/mol. The second-order valence-electron chi connectivity index (χ2n) is 3.33. The Morgan fingerprint density at radius 3 is 2.46 bits per heavy atom. The van der Waals surface area contributed by atoms with Crippen LogP contribution < -0.4 is 16.6 Å². The maximum atomic E-state index is 10.9. The molecule has 0 aromatic carbocycles. The Labute approximate surface area is 83.0 Å². The van der Waals surface area contributed by atoms with E-state index in [1.165, 1.54) is 12.8 Å². The van der Waals surface area contributed by atoms with E-state index in [9.17, 15) is 4.79 Å². The number of carbonyl (C=O) groups is 1. The number of thioether (sulfide) groups is 1. The summed E-state index contributed by atoms with van der Waals surface area (Å²) >= 11 is 1.92. The van der Waals surface area contributed by atoms with Crippen molar-refractivity contribution in [3.05, 3.63) is 0 Å². The minimum absolute atomic E-state index is 0.271. The second-order valence-corrected chi connectivity index (χ2v) is 4.47. The van der Waals surface area contributed by atoms with E-state index in [0.717, 1.165) is 18.1 Å². The highest BCUT2D eigenvalue weighted by Gasteiger charge is 2.21. The maximum absolute atomic E-state index is 10.9. The molecule has 0 saturated heterocycles. The van der Waals surface area contributed by atoms with E-state index in [1.54, 1.807) is 0 Å². The molecule has 1 rings (SSSR count). The topological polar surface area (TPSA) is 67.2 Å². The van der Waals surface area contributed by atoms with Crippen molar-refractivity contribution in [2.24, 2.45) is 5.84 Å². The highest BCUT2D eigenvalue weighted by molar-refractivity contribution is 7.99. The zero-order valence-corrected chi connectivity index (χ0v) is 8.69. The van der Waals surface area contributed by atoms with E-state index in [0.29, 0.717) is 6.04 Å². The van der Waals surface area contributed by atoms with Crippen molar-refractivity contribution in [1.29, 1.82) is 0 Å². The van der Waals surface area contributed by atoms with Crippen LogP contribution in [0.1, 0.15) is 25.7 Å². The predicted octanol–water partition coefficient (Wildman–Crippen LogP) is 0.833. The molecular formula is C8H17N3OS. The number of nitrogens with one attached hydrogen (secondary N) is 2. The van der Waals surface area contributed by atoms with Crippen LogP contribution in [0.5, 0.6) is 0 Å². The molecule has 4 nitrogen and oxygen atoms in total. The fourth-order valence-corrected chi connectivity index (χ4v) is 2.41. The van der Waals surface area contributed by atoms with E-state index in [1.807, 2.05) is 11.8 Å². The zero-order valence-electron chi connectivity index (χ0n) is 7.88. The first-order chi connectivity index (χ1) is 6.26. The van der Waals surface area contributed by atoms with Gasteiger partial charge in [0, 0.05) is 11.3 Å². The fourth-order valence-electron chi connectivity index (χ4n) is 1.67. The van der Waals surface area contributed by atoms with Crippen molar-refractivity contribution in [2.75, 3.05) is 6.26 Å². The molecule has 76 valence electrons. The minimum Gasteiger partial charge on any atom is -0.334 e. The molecule has 1 saturated carbocycles. The lowest BCUT2D eigenvalue weighted by molar-refractivity contribution is 0.233. The molecule has 0 aliphatic heterocycles. The highest BCUT2D eigenvalue weighted by Crippen LogP contribution is 2.26. The Bertz CT molecular complexity index is 169. The summed E-state index contributed by atoms with van der Waals surface area (Å²) in [4.78, 5) is 10.9. The van der Waals surface area contributed by atoms with Gasteiger partial charge in [-0.3, -0.25) is 5.43 Å². The molecule has 0 aromatic rings. The SMILES string of the molecule is CSC1CCC(NC(=O)NN)CC1. The van der Waals surface area contributed by atoms with E-state index < -0.39 is 0 Å². The second kappa shape index (κ2) is 5.34. The van der Waals surface area contributed by atoms with Crippen molar-refractivity contribution >= 4 is 17.8 Å². The Balaban J connectivity index is 2.21. The molecular weight excluding hydrogens is 186 g/mol. The van der Waals surface area contributed by atoms with Crippen LogP contribution in [0.15, 0.2) is 0 Å². The largest absolute Gasteiger partial charge is 0.334 e. The van der Waals surface area contributed by atoms with Gasteiger partial charge in [0.2, 0.25) is 0 Å². The monoisotopic (exact) mass is 203 g/mol. The molecule has 0 bridgehead atoms. The quantitative estimate of drug-likeness (QED) is 0.354. The molecule has 1 aliphatic carbocycles. The molecule has 5 heteroatoms. The van der Waals surface area contributed by atoms with Gasteiger partial charge in [-0.2, -0.15) is 11.8 Å². The molecule has 1 aliphatic rings. The van der Waals surface area contributed by atoms with Crippen molar-refractivity contribution in [1.82, 2.24) is 10.7 Å². The van der Waals surface area contributed by atoms with Crippen LogP contribution in [0.25, 0.3) is 0 Å². The Kier molecular flexibility index (Phi) is 4.38. The third-order valence-electron chi connectivity index (χ3n) is 2.47. The molecule has 0 atom stereocenters. The zero-order chi connectivity index (χ0) is 9.68. The first-order valence-electron chi connectivity index (χ1n) is 4.56. The summed E-state index contributed by atoms with van der Waals surface area (Å²) < 4.78 is 0. The number of nitrogens with two attached hydrogens (primary N) is 1. The van der Waals surface area contributed by atoms with Crippen LogP contribution in [-0.2, 0) is 0 Å². The lowest BCUT2D eigenvalue weighted by Crippen LogP contribution is -2.46. The lowest BCUT2D eigenvalue weighted by atomic mass is 9.95. The summed E-state index contributed by atoms with van der Waals surface area (Å²) in [7, 11) is 0. The average molecular weight is 203 g/mol. The van der Waals surface area contributed by atoms with Gasteiger partial charge in [0.1, 0.15) is 0 Å².